The van der Waals surface area contributed by atoms with Gasteiger partial charge in [0.1, 0.15) is 0 Å². The number of halogens is 2. The smallest absolute Gasteiger partial charge is 0.160 e. The number of fused-ring (bicyclic) bond motifs is 2. The van der Waals surface area contributed by atoms with Crippen LogP contribution in [0.4, 0.5) is 8.78 Å². The lowest BCUT2D eigenvalue weighted by molar-refractivity contribution is 0.508. The molecule has 104 valence electrons. The topological polar surface area (TPSA) is 57.9 Å². The molecule has 1 aromatic rings. The van der Waals surface area contributed by atoms with Crippen molar-refractivity contribution < 1.29 is 17.2 Å². The molecule has 0 N–H and O–H groups in total. The van der Waals surface area contributed by atoms with E-state index < -0.39 is 32.0 Å². The molecule has 2 atom stereocenters. The van der Waals surface area contributed by atoms with E-state index >= 15 is 0 Å². The number of hydrogen-bond acceptors (Lipinski definition) is 3. The van der Waals surface area contributed by atoms with Gasteiger partial charge in [-0.1, -0.05) is 6.08 Å². The molecule has 6 heteroatoms. The van der Waals surface area contributed by atoms with Gasteiger partial charge in [-0.2, -0.15) is 5.26 Å². The van der Waals surface area contributed by atoms with Gasteiger partial charge in [0, 0.05) is 0 Å². The predicted molar refractivity (Wildman–Crippen MR) is 69.4 cm³/mol. The molecule has 2 bridgehead atoms. The summed E-state index contributed by atoms with van der Waals surface area (Å²) in [5, 5.41) is 8.00. The van der Waals surface area contributed by atoms with Gasteiger partial charge < -0.3 is 0 Å². The molecule has 2 aliphatic heterocycles. The number of nitrogens with zero attached hydrogens (tertiary/aromatic N) is 1. The number of sulfone groups is 1. The molecule has 1 fully saturated rings. The molecule has 0 aromatic heterocycles. The Morgan fingerprint density at radius 3 is 2.55 bits per heavy atom. The molecular weight excluding hydrogens is 284 g/mol. The van der Waals surface area contributed by atoms with Gasteiger partial charge >= 0.3 is 0 Å². The normalized spacial score (nSPS) is 26.9. The maximum Gasteiger partial charge on any atom is 0.160 e. The maximum absolute atomic E-state index is 13.4. The van der Waals surface area contributed by atoms with E-state index in [0.29, 0.717) is 24.0 Å². The van der Waals surface area contributed by atoms with Crippen LogP contribution in [0.15, 0.2) is 18.2 Å². The Kier molecular flexibility index (Phi) is 2.91. The van der Waals surface area contributed by atoms with Gasteiger partial charge in [0.2, 0.25) is 0 Å². The molecule has 20 heavy (non-hydrogen) atoms. The third kappa shape index (κ3) is 1.85. The Morgan fingerprint density at radius 1 is 1.20 bits per heavy atom. The van der Waals surface area contributed by atoms with Crippen molar-refractivity contribution in [1.29, 1.82) is 5.26 Å². The lowest BCUT2D eigenvalue weighted by atomic mass is 9.96. The monoisotopic (exact) mass is 295 g/mol. The van der Waals surface area contributed by atoms with Crippen LogP contribution in [0.2, 0.25) is 0 Å². The molecule has 0 spiro atoms. The average molecular weight is 295 g/mol. The first kappa shape index (κ1) is 13.3. The van der Waals surface area contributed by atoms with Crippen molar-refractivity contribution in [2.24, 2.45) is 0 Å². The summed E-state index contributed by atoms with van der Waals surface area (Å²) in [6.45, 7) is 0. The molecule has 2 unspecified atom stereocenters. The minimum Gasteiger partial charge on any atom is -0.228 e. The summed E-state index contributed by atoms with van der Waals surface area (Å²) in [4.78, 5) is 0. The van der Waals surface area contributed by atoms with Crippen molar-refractivity contribution >= 4 is 15.4 Å². The second-order valence-corrected chi connectivity index (χ2v) is 7.60. The third-order valence-corrected chi connectivity index (χ3v) is 6.57. The molecule has 3 rings (SSSR count). The van der Waals surface area contributed by atoms with Gasteiger partial charge in [-0.25, -0.2) is 17.2 Å². The summed E-state index contributed by atoms with van der Waals surface area (Å²) >= 11 is 0. The molecular formula is C14H11F2NO2S. The molecule has 0 amide bonds. The zero-order valence-electron chi connectivity index (χ0n) is 10.4. The van der Waals surface area contributed by atoms with Gasteiger partial charge in [-0.05, 0) is 42.5 Å². The maximum atomic E-state index is 13.4. The second-order valence-electron chi connectivity index (χ2n) is 5.15. The van der Waals surface area contributed by atoms with Gasteiger partial charge in [0.25, 0.3) is 0 Å². The number of hydrogen-bond donors (Lipinski definition) is 0. The van der Waals surface area contributed by atoms with E-state index in [4.69, 9.17) is 5.26 Å². The van der Waals surface area contributed by atoms with E-state index in [2.05, 4.69) is 0 Å². The molecule has 1 aromatic carbocycles. The van der Waals surface area contributed by atoms with Crippen LogP contribution in [0.5, 0.6) is 0 Å². The summed E-state index contributed by atoms with van der Waals surface area (Å²) in [7, 11) is -3.13. The highest BCUT2D eigenvalue weighted by Gasteiger charge is 2.43. The van der Waals surface area contributed by atoms with Crippen LogP contribution in [-0.2, 0) is 9.84 Å². The van der Waals surface area contributed by atoms with Gasteiger partial charge in [-0.3, -0.25) is 0 Å². The van der Waals surface area contributed by atoms with E-state index in [1.807, 2.05) is 6.07 Å². The Bertz CT molecular complexity index is 762. The average Bonchev–Trinajstić information content (AvgIpc) is 2.60. The fraction of sp³-hybridized carbons (Fsp3) is 0.357. The standard InChI is InChI=1S/C14H11F2NO2S/c15-13-5-9(7-17)12(6-14(13)16)8-3-10-1-2-11(4-8)20(10,18)19/h3,5-6,10-11H,1-2,4H2. The molecule has 0 radical (unpaired) electrons. The highest BCUT2D eigenvalue weighted by Crippen LogP contribution is 2.41. The van der Waals surface area contributed by atoms with Gasteiger partial charge in [-0.15, -0.1) is 0 Å². The predicted octanol–water partition coefficient (Wildman–Crippen LogP) is 2.57. The van der Waals surface area contributed by atoms with Crippen molar-refractivity contribution in [1.82, 2.24) is 0 Å². The van der Waals surface area contributed by atoms with Crippen LogP contribution >= 0.6 is 0 Å². The highest BCUT2D eigenvalue weighted by molar-refractivity contribution is 7.93. The van der Waals surface area contributed by atoms with Crippen molar-refractivity contribution in [3.05, 3.63) is 41.0 Å². The number of rotatable bonds is 1. The molecule has 0 saturated carbocycles. The van der Waals surface area contributed by atoms with E-state index in [1.54, 1.807) is 6.08 Å². The zero-order chi connectivity index (χ0) is 14.5. The van der Waals surface area contributed by atoms with Gasteiger partial charge in [0.05, 0.1) is 22.1 Å². The van der Waals surface area contributed by atoms with Crippen LogP contribution < -0.4 is 0 Å². The lowest BCUT2D eigenvalue weighted by Gasteiger charge is -2.21. The van der Waals surface area contributed by atoms with Crippen LogP contribution in [0.1, 0.15) is 30.4 Å². The Balaban J connectivity index is 2.13. The fourth-order valence-corrected chi connectivity index (χ4v) is 5.15. The molecule has 2 heterocycles. The fourth-order valence-electron chi connectivity index (χ4n) is 2.96. The van der Waals surface area contributed by atoms with Crippen LogP contribution in [0.25, 0.3) is 5.57 Å². The Morgan fingerprint density at radius 2 is 1.90 bits per heavy atom. The lowest BCUT2D eigenvalue weighted by Crippen LogP contribution is -2.26. The Labute approximate surface area is 115 Å². The molecule has 3 nitrogen and oxygen atoms in total. The van der Waals surface area contributed by atoms with Gasteiger partial charge in [0.15, 0.2) is 21.5 Å². The van der Waals surface area contributed by atoms with E-state index in [-0.39, 0.29) is 12.0 Å². The number of benzene rings is 1. The van der Waals surface area contributed by atoms with E-state index in [9.17, 15) is 17.2 Å². The quantitative estimate of drug-likeness (QED) is 0.800. The summed E-state index contributed by atoms with van der Waals surface area (Å²) < 4.78 is 50.5. The summed E-state index contributed by atoms with van der Waals surface area (Å²) in [5.41, 5.74) is 0.967. The summed E-state index contributed by atoms with van der Waals surface area (Å²) in [5.74, 6) is -2.10. The third-order valence-electron chi connectivity index (χ3n) is 4.02. The Hall–Kier alpha value is -1.74. The summed E-state index contributed by atoms with van der Waals surface area (Å²) in [6.07, 6.45) is 2.99. The van der Waals surface area contributed by atoms with Crippen LogP contribution in [0.3, 0.4) is 0 Å². The van der Waals surface area contributed by atoms with Crippen LogP contribution in [-0.4, -0.2) is 18.9 Å². The molecule has 1 saturated heterocycles. The van der Waals surface area contributed by atoms with E-state index in [0.717, 1.165) is 12.1 Å². The van der Waals surface area contributed by atoms with Crippen molar-refractivity contribution in [3.63, 3.8) is 0 Å². The van der Waals surface area contributed by atoms with E-state index in [1.165, 1.54) is 0 Å². The first-order valence-electron chi connectivity index (χ1n) is 6.26. The number of allylic oxidation sites excluding steroid dienone is 1. The minimum absolute atomic E-state index is 0.0360. The van der Waals surface area contributed by atoms with Crippen molar-refractivity contribution in [2.45, 2.75) is 29.8 Å². The largest absolute Gasteiger partial charge is 0.228 e. The molecule has 0 aliphatic carbocycles. The first-order valence-corrected chi connectivity index (χ1v) is 7.87. The highest BCUT2D eigenvalue weighted by atomic mass is 32.2. The molecule has 2 aliphatic rings. The zero-order valence-corrected chi connectivity index (χ0v) is 11.3. The second kappa shape index (κ2) is 4.38. The van der Waals surface area contributed by atoms with Crippen molar-refractivity contribution in [3.8, 4) is 6.07 Å². The van der Waals surface area contributed by atoms with Crippen LogP contribution in [0, 0.1) is 23.0 Å². The summed E-state index contributed by atoms with van der Waals surface area (Å²) in [6, 6.07) is 3.68. The SMILES string of the molecule is N#Cc1cc(F)c(F)cc1C1=CC2CCC(C1)S2(=O)=O. The first-order chi connectivity index (χ1) is 9.43. The minimum atomic E-state index is -3.13. The van der Waals surface area contributed by atoms with Crippen molar-refractivity contribution in [2.75, 3.05) is 0 Å². The number of nitriles is 1.